The minimum atomic E-state index is 0.00107. The first-order valence-corrected chi connectivity index (χ1v) is 5.47. The van der Waals surface area contributed by atoms with Gasteiger partial charge in [-0.1, -0.05) is 0 Å². The number of Topliss-reactive ketones (excluding diaryl/α,β-unsaturated/α-hetero) is 1. The van der Waals surface area contributed by atoms with Crippen LogP contribution in [0, 0.1) is 6.92 Å². The fourth-order valence-corrected chi connectivity index (χ4v) is 1.92. The number of carbonyl (C=O) groups excluding carboxylic acids is 1. The van der Waals surface area contributed by atoms with E-state index in [1.54, 1.807) is 23.0 Å². The Kier molecular flexibility index (Phi) is 2.64. The van der Waals surface area contributed by atoms with Gasteiger partial charge in [0, 0.05) is 24.2 Å². The van der Waals surface area contributed by atoms with Crippen LogP contribution in [0.2, 0.25) is 0 Å². The Hall–Kier alpha value is -1.49. The third-order valence-corrected chi connectivity index (χ3v) is 2.91. The van der Waals surface area contributed by atoms with Crippen molar-refractivity contribution in [1.29, 1.82) is 0 Å². The molecule has 0 unspecified atom stereocenters. The standard InChI is InChI=1S/C10H11N3OS/c1-7(14)10-5-13(8(2)12-10)4-9-3-11-6-15-9/h3,5-6H,4H2,1-2H3. The molecule has 0 bridgehead atoms. The van der Waals surface area contributed by atoms with E-state index in [1.807, 2.05) is 17.7 Å². The largest absolute Gasteiger partial charge is 0.329 e. The van der Waals surface area contributed by atoms with Crippen molar-refractivity contribution < 1.29 is 4.79 Å². The van der Waals surface area contributed by atoms with E-state index in [1.165, 1.54) is 6.92 Å². The summed E-state index contributed by atoms with van der Waals surface area (Å²) >= 11 is 1.60. The number of rotatable bonds is 3. The summed E-state index contributed by atoms with van der Waals surface area (Å²) in [6.07, 6.45) is 3.62. The third-order valence-electron chi connectivity index (χ3n) is 2.15. The lowest BCUT2D eigenvalue weighted by Gasteiger charge is -2.00. The van der Waals surface area contributed by atoms with Crippen LogP contribution in [0.5, 0.6) is 0 Å². The number of hydrogen-bond acceptors (Lipinski definition) is 4. The molecule has 0 saturated heterocycles. The molecule has 0 radical (unpaired) electrons. The maximum Gasteiger partial charge on any atom is 0.179 e. The van der Waals surface area contributed by atoms with Crippen molar-refractivity contribution in [2.75, 3.05) is 0 Å². The van der Waals surface area contributed by atoms with Gasteiger partial charge in [0.15, 0.2) is 5.78 Å². The van der Waals surface area contributed by atoms with Crippen LogP contribution in [0.1, 0.15) is 28.1 Å². The van der Waals surface area contributed by atoms with Crippen molar-refractivity contribution >= 4 is 17.1 Å². The van der Waals surface area contributed by atoms with Gasteiger partial charge in [0.2, 0.25) is 0 Å². The van der Waals surface area contributed by atoms with Gasteiger partial charge in [-0.15, -0.1) is 11.3 Å². The Morgan fingerprint density at radius 1 is 1.60 bits per heavy atom. The van der Waals surface area contributed by atoms with E-state index >= 15 is 0 Å². The Morgan fingerprint density at radius 2 is 2.40 bits per heavy atom. The lowest BCUT2D eigenvalue weighted by atomic mass is 10.3. The van der Waals surface area contributed by atoms with E-state index in [2.05, 4.69) is 9.97 Å². The van der Waals surface area contributed by atoms with Crippen LogP contribution in [-0.4, -0.2) is 20.3 Å². The van der Waals surface area contributed by atoms with E-state index in [4.69, 9.17) is 0 Å². The van der Waals surface area contributed by atoms with Crippen LogP contribution in [0.3, 0.4) is 0 Å². The van der Waals surface area contributed by atoms with E-state index in [-0.39, 0.29) is 5.78 Å². The first-order chi connectivity index (χ1) is 7.16. The van der Waals surface area contributed by atoms with Gasteiger partial charge in [0.1, 0.15) is 11.5 Å². The fraction of sp³-hybridized carbons (Fsp3) is 0.300. The minimum Gasteiger partial charge on any atom is -0.329 e. The number of carbonyl (C=O) groups is 1. The highest BCUT2D eigenvalue weighted by molar-refractivity contribution is 7.09. The summed E-state index contributed by atoms with van der Waals surface area (Å²) in [7, 11) is 0. The SMILES string of the molecule is CC(=O)c1cn(Cc2cncs2)c(C)n1. The lowest BCUT2D eigenvalue weighted by Crippen LogP contribution is -1.98. The predicted molar refractivity (Wildman–Crippen MR) is 58.2 cm³/mol. The van der Waals surface area contributed by atoms with Gasteiger partial charge >= 0.3 is 0 Å². The van der Waals surface area contributed by atoms with E-state index in [0.717, 1.165) is 17.2 Å². The zero-order valence-electron chi connectivity index (χ0n) is 8.60. The van der Waals surface area contributed by atoms with E-state index in [9.17, 15) is 4.79 Å². The predicted octanol–water partition coefficient (Wildman–Crippen LogP) is 1.90. The maximum absolute atomic E-state index is 11.1. The molecule has 0 amide bonds. The summed E-state index contributed by atoms with van der Waals surface area (Å²) in [6.45, 7) is 4.16. The first kappa shape index (κ1) is 10.0. The van der Waals surface area contributed by atoms with Crippen LogP contribution >= 0.6 is 11.3 Å². The quantitative estimate of drug-likeness (QED) is 0.744. The van der Waals surface area contributed by atoms with Crippen molar-refractivity contribution in [2.45, 2.75) is 20.4 Å². The topological polar surface area (TPSA) is 47.8 Å². The lowest BCUT2D eigenvalue weighted by molar-refractivity contribution is 0.101. The minimum absolute atomic E-state index is 0.00107. The number of thiazole rings is 1. The molecule has 78 valence electrons. The van der Waals surface area contributed by atoms with Gasteiger partial charge in [-0.05, 0) is 6.92 Å². The number of nitrogens with zero attached hydrogens (tertiary/aromatic N) is 3. The van der Waals surface area contributed by atoms with Gasteiger partial charge in [-0.2, -0.15) is 0 Å². The van der Waals surface area contributed by atoms with Gasteiger partial charge in [0.25, 0.3) is 0 Å². The summed E-state index contributed by atoms with van der Waals surface area (Å²) in [4.78, 5) is 20.5. The smallest absolute Gasteiger partial charge is 0.179 e. The van der Waals surface area contributed by atoms with E-state index in [0.29, 0.717) is 5.69 Å². The van der Waals surface area contributed by atoms with Crippen LogP contribution in [0.15, 0.2) is 17.9 Å². The first-order valence-electron chi connectivity index (χ1n) is 4.59. The van der Waals surface area contributed by atoms with Crippen LogP contribution in [-0.2, 0) is 6.54 Å². The molecule has 0 aromatic carbocycles. The average Bonchev–Trinajstić information content (AvgIpc) is 2.77. The number of aromatic nitrogens is 3. The second-order valence-electron chi connectivity index (χ2n) is 3.33. The zero-order valence-corrected chi connectivity index (χ0v) is 9.41. The number of aryl methyl sites for hydroxylation is 1. The molecule has 0 atom stereocenters. The molecule has 0 aliphatic heterocycles. The molecule has 0 N–H and O–H groups in total. The van der Waals surface area contributed by atoms with Crippen molar-refractivity contribution in [2.24, 2.45) is 0 Å². The van der Waals surface area contributed by atoms with Crippen LogP contribution < -0.4 is 0 Å². The van der Waals surface area contributed by atoms with Crippen molar-refractivity contribution in [3.05, 3.63) is 34.3 Å². The Balaban J connectivity index is 2.25. The maximum atomic E-state index is 11.1. The summed E-state index contributed by atoms with van der Waals surface area (Å²) in [5.41, 5.74) is 2.32. The number of ketones is 1. The number of imidazole rings is 1. The van der Waals surface area contributed by atoms with Crippen molar-refractivity contribution in [3.8, 4) is 0 Å². The highest BCUT2D eigenvalue weighted by atomic mass is 32.1. The van der Waals surface area contributed by atoms with Crippen molar-refractivity contribution in [1.82, 2.24) is 14.5 Å². The summed E-state index contributed by atoms with van der Waals surface area (Å²) in [6, 6.07) is 0. The normalized spacial score (nSPS) is 10.5. The monoisotopic (exact) mass is 221 g/mol. The summed E-state index contributed by atoms with van der Waals surface area (Å²) < 4.78 is 1.96. The van der Waals surface area contributed by atoms with Gasteiger partial charge in [-0.25, -0.2) is 4.98 Å². The fourth-order valence-electron chi connectivity index (χ4n) is 1.33. The highest BCUT2D eigenvalue weighted by Gasteiger charge is 2.08. The zero-order chi connectivity index (χ0) is 10.8. The molecule has 0 aliphatic carbocycles. The molecular formula is C10H11N3OS. The molecule has 5 heteroatoms. The highest BCUT2D eigenvalue weighted by Crippen LogP contribution is 2.11. The molecule has 0 aliphatic rings. The molecule has 0 spiro atoms. The molecule has 0 fully saturated rings. The van der Waals surface area contributed by atoms with E-state index < -0.39 is 0 Å². The molecular weight excluding hydrogens is 210 g/mol. The summed E-state index contributed by atoms with van der Waals surface area (Å²) in [5, 5.41) is 0. The molecule has 15 heavy (non-hydrogen) atoms. The Bertz CT molecular complexity index is 473. The second kappa shape index (κ2) is 3.94. The van der Waals surface area contributed by atoms with Crippen molar-refractivity contribution in [3.63, 3.8) is 0 Å². The van der Waals surface area contributed by atoms with Crippen LogP contribution in [0.25, 0.3) is 0 Å². The average molecular weight is 221 g/mol. The third kappa shape index (κ3) is 2.12. The van der Waals surface area contributed by atoms with Gasteiger partial charge < -0.3 is 4.57 Å². The van der Waals surface area contributed by atoms with Gasteiger partial charge in [-0.3, -0.25) is 9.78 Å². The molecule has 2 aromatic rings. The number of hydrogen-bond donors (Lipinski definition) is 0. The Morgan fingerprint density at radius 3 is 2.93 bits per heavy atom. The summed E-state index contributed by atoms with van der Waals surface area (Å²) in [5.74, 6) is 0.856. The molecule has 4 nitrogen and oxygen atoms in total. The van der Waals surface area contributed by atoms with Crippen LogP contribution in [0.4, 0.5) is 0 Å². The Labute approximate surface area is 91.6 Å². The molecule has 2 aromatic heterocycles. The molecule has 2 heterocycles. The molecule has 0 saturated carbocycles. The second-order valence-corrected chi connectivity index (χ2v) is 4.30. The molecule has 2 rings (SSSR count). The van der Waals surface area contributed by atoms with Gasteiger partial charge in [0.05, 0.1) is 12.1 Å².